The van der Waals surface area contributed by atoms with Crippen molar-refractivity contribution in [2.45, 2.75) is 13.2 Å². The number of ether oxygens (including phenoxy) is 1. The van der Waals surface area contributed by atoms with E-state index in [4.69, 9.17) is 16.3 Å². The zero-order valence-corrected chi connectivity index (χ0v) is 16.4. The Bertz CT molecular complexity index is 1250. The molecule has 0 radical (unpaired) electrons. The van der Waals surface area contributed by atoms with Crippen LogP contribution < -0.4 is 11.1 Å². The van der Waals surface area contributed by atoms with Crippen molar-refractivity contribution in [3.8, 4) is 5.69 Å². The average molecular weight is 417 g/mol. The summed E-state index contributed by atoms with van der Waals surface area (Å²) >= 11 is 6.10. The number of methoxy groups -OCH3 is 1. The van der Waals surface area contributed by atoms with Crippen LogP contribution in [0.4, 0.5) is 4.39 Å². The average Bonchev–Trinajstić information content (AvgIpc) is 2.99. The number of pyridine rings is 1. The van der Waals surface area contributed by atoms with Gasteiger partial charge in [0, 0.05) is 19.4 Å². The summed E-state index contributed by atoms with van der Waals surface area (Å²) in [6, 6.07) is 4.98. The Morgan fingerprint density at radius 1 is 1.34 bits per heavy atom. The number of halogens is 2. The van der Waals surface area contributed by atoms with Crippen LogP contribution in [0.1, 0.15) is 5.69 Å². The van der Waals surface area contributed by atoms with Gasteiger partial charge in [-0.2, -0.15) is 0 Å². The van der Waals surface area contributed by atoms with Gasteiger partial charge in [-0.3, -0.25) is 19.7 Å². The SMILES string of the molecule is C=CN=C(C=C)Cn1c(COC)c2c(=O)n(-c3ccc(F)cc3Cl)[nH]c2cc1=O. The number of H-pyrrole nitrogens is 1. The molecule has 0 amide bonds. The van der Waals surface area contributed by atoms with E-state index in [2.05, 4.69) is 23.2 Å². The van der Waals surface area contributed by atoms with E-state index < -0.39 is 11.4 Å². The molecule has 3 rings (SSSR count). The zero-order valence-electron chi connectivity index (χ0n) is 15.6. The molecule has 150 valence electrons. The molecule has 1 aromatic carbocycles. The van der Waals surface area contributed by atoms with E-state index in [0.717, 1.165) is 6.07 Å². The smallest absolute Gasteiger partial charge is 0.281 e. The van der Waals surface area contributed by atoms with Gasteiger partial charge in [-0.1, -0.05) is 24.8 Å². The monoisotopic (exact) mass is 416 g/mol. The number of aromatic amines is 1. The first-order chi connectivity index (χ1) is 13.9. The lowest BCUT2D eigenvalue weighted by atomic mass is 10.2. The number of benzene rings is 1. The number of aliphatic imine (C=N–C) groups is 1. The fourth-order valence-corrected chi connectivity index (χ4v) is 3.29. The Balaban J connectivity index is 2.31. The maximum Gasteiger partial charge on any atom is 0.281 e. The third kappa shape index (κ3) is 3.85. The predicted octanol–water partition coefficient (Wildman–Crippen LogP) is 3.19. The summed E-state index contributed by atoms with van der Waals surface area (Å²) in [5.41, 5.74) is 0.626. The van der Waals surface area contributed by atoms with Crippen LogP contribution in [-0.2, 0) is 17.9 Å². The van der Waals surface area contributed by atoms with Gasteiger partial charge in [0.15, 0.2) is 0 Å². The number of hydrogen-bond donors (Lipinski definition) is 1. The molecule has 2 aromatic heterocycles. The van der Waals surface area contributed by atoms with E-state index in [-0.39, 0.29) is 34.8 Å². The van der Waals surface area contributed by atoms with Gasteiger partial charge in [-0.05, 0) is 24.3 Å². The Hall–Kier alpha value is -3.23. The van der Waals surface area contributed by atoms with E-state index >= 15 is 0 Å². The van der Waals surface area contributed by atoms with Gasteiger partial charge in [-0.25, -0.2) is 9.07 Å². The normalized spacial score (nSPS) is 11.8. The molecule has 29 heavy (non-hydrogen) atoms. The van der Waals surface area contributed by atoms with Gasteiger partial charge in [-0.15, -0.1) is 0 Å². The van der Waals surface area contributed by atoms with Crippen molar-refractivity contribution in [2.75, 3.05) is 7.11 Å². The fourth-order valence-electron chi connectivity index (χ4n) is 3.04. The summed E-state index contributed by atoms with van der Waals surface area (Å²) in [6.45, 7) is 7.32. The number of nitrogens with zero attached hydrogens (tertiary/aromatic N) is 3. The van der Waals surface area contributed by atoms with Gasteiger partial charge < -0.3 is 9.30 Å². The number of aromatic nitrogens is 3. The number of fused-ring (bicyclic) bond motifs is 1. The summed E-state index contributed by atoms with van der Waals surface area (Å²) in [5.74, 6) is -0.527. The first-order valence-electron chi connectivity index (χ1n) is 8.53. The summed E-state index contributed by atoms with van der Waals surface area (Å²) in [4.78, 5) is 30.0. The van der Waals surface area contributed by atoms with Gasteiger partial charge in [0.2, 0.25) is 0 Å². The highest BCUT2D eigenvalue weighted by atomic mass is 35.5. The molecule has 3 aromatic rings. The second kappa shape index (κ2) is 8.42. The van der Waals surface area contributed by atoms with Crippen LogP contribution in [0.5, 0.6) is 0 Å². The number of allylic oxidation sites excluding steroid dienone is 1. The molecule has 0 spiro atoms. The molecule has 0 aliphatic rings. The topological polar surface area (TPSA) is 81.4 Å². The van der Waals surface area contributed by atoms with Crippen LogP contribution in [0, 0.1) is 5.82 Å². The van der Waals surface area contributed by atoms with Gasteiger partial charge >= 0.3 is 0 Å². The second-order valence-corrected chi connectivity index (χ2v) is 6.50. The van der Waals surface area contributed by atoms with E-state index in [1.807, 2.05) is 0 Å². The maximum atomic E-state index is 13.4. The van der Waals surface area contributed by atoms with E-state index in [9.17, 15) is 14.0 Å². The molecule has 9 heteroatoms. The largest absolute Gasteiger partial charge is 0.378 e. The van der Waals surface area contributed by atoms with Crippen molar-refractivity contribution in [3.05, 3.63) is 86.9 Å². The van der Waals surface area contributed by atoms with Crippen molar-refractivity contribution in [1.29, 1.82) is 0 Å². The van der Waals surface area contributed by atoms with Crippen molar-refractivity contribution in [2.24, 2.45) is 4.99 Å². The molecule has 0 unspecified atom stereocenters. The Morgan fingerprint density at radius 3 is 2.72 bits per heavy atom. The van der Waals surface area contributed by atoms with Crippen molar-refractivity contribution >= 4 is 28.2 Å². The Morgan fingerprint density at radius 2 is 2.10 bits per heavy atom. The minimum absolute atomic E-state index is 0.00926. The summed E-state index contributed by atoms with van der Waals surface area (Å²) < 4.78 is 21.2. The van der Waals surface area contributed by atoms with Crippen molar-refractivity contribution < 1.29 is 9.13 Å². The molecule has 2 heterocycles. The highest BCUT2D eigenvalue weighted by Gasteiger charge is 2.19. The summed E-state index contributed by atoms with van der Waals surface area (Å²) in [6.07, 6.45) is 2.85. The number of nitrogens with one attached hydrogen (secondary N) is 1. The minimum atomic E-state index is -0.527. The number of hydrogen-bond acceptors (Lipinski definition) is 4. The molecule has 0 fully saturated rings. The molecule has 0 bridgehead atoms. The first kappa shape index (κ1) is 20.5. The standard InChI is InChI=1S/C20H18ClFN4O3/c1-4-13(23-5-2)10-25-17(11-29-3)19-15(9-18(25)27)24-26(20(19)28)16-7-6-12(22)8-14(16)21/h4-9,24H,1-2,10-11H2,3H3. The molecule has 7 nitrogen and oxygen atoms in total. The van der Waals surface area contributed by atoms with Crippen LogP contribution in [0.15, 0.2) is 64.3 Å². The highest BCUT2D eigenvalue weighted by Crippen LogP contribution is 2.22. The fraction of sp³-hybridized carbons (Fsp3) is 0.150. The minimum Gasteiger partial charge on any atom is -0.378 e. The van der Waals surface area contributed by atoms with Crippen LogP contribution in [0.2, 0.25) is 5.02 Å². The van der Waals surface area contributed by atoms with Crippen molar-refractivity contribution in [3.63, 3.8) is 0 Å². The third-order valence-electron chi connectivity index (χ3n) is 4.31. The third-order valence-corrected chi connectivity index (χ3v) is 4.61. The van der Waals surface area contributed by atoms with Gasteiger partial charge in [0.05, 0.1) is 46.2 Å². The summed E-state index contributed by atoms with van der Waals surface area (Å²) in [7, 11) is 1.46. The Labute approximate surface area is 170 Å². The first-order valence-corrected chi connectivity index (χ1v) is 8.90. The lowest BCUT2D eigenvalue weighted by molar-refractivity contribution is 0.179. The number of rotatable bonds is 7. The molecule has 1 N–H and O–H groups in total. The quantitative estimate of drug-likeness (QED) is 0.600. The van der Waals surface area contributed by atoms with Crippen molar-refractivity contribution in [1.82, 2.24) is 14.3 Å². The molecule has 0 aliphatic heterocycles. The lowest BCUT2D eigenvalue weighted by Gasteiger charge is -2.12. The maximum absolute atomic E-state index is 13.4. The van der Waals surface area contributed by atoms with Crippen LogP contribution in [0.25, 0.3) is 16.6 Å². The van der Waals surface area contributed by atoms with Gasteiger partial charge in [0.1, 0.15) is 5.82 Å². The molecule has 0 aliphatic carbocycles. The van der Waals surface area contributed by atoms with E-state index in [0.29, 0.717) is 16.9 Å². The predicted molar refractivity (Wildman–Crippen MR) is 112 cm³/mol. The van der Waals surface area contributed by atoms with Crippen LogP contribution >= 0.6 is 11.6 Å². The van der Waals surface area contributed by atoms with Crippen LogP contribution in [0.3, 0.4) is 0 Å². The van der Waals surface area contributed by atoms with Gasteiger partial charge in [0.25, 0.3) is 11.1 Å². The zero-order chi connectivity index (χ0) is 21.1. The molecule has 0 saturated carbocycles. The second-order valence-electron chi connectivity index (χ2n) is 6.09. The highest BCUT2D eigenvalue weighted by molar-refractivity contribution is 6.32. The Kier molecular flexibility index (Phi) is 5.95. The lowest BCUT2D eigenvalue weighted by Crippen LogP contribution is -2.28. The van der Waals surface area contributed by atoms with Crippen LogP contribution in [-0.4, -0.2) is 27.2 Å². The molecular formula is C20H18ClFN4O3. The van der Waals surface area contributed by atoms with E-state index in [1.165, 1.54) is 46.8 Å². The molecule has 0 saturated heterocycles. The summed E-state index contributed by atoms with van der Waals surface area (Å²) in [5, 5.41) is 3.17. The molecular weight excluding hydrogens is 399 g/mol. The molecule has 0 atom stereocenters. The van der Waals surface area contributed by atoms with E-state index in [1.54, 1.807) is 0 Å².